The molecule has 0 aliphatic heterocycles. The van der Waals surface area contributed by atoms with Crippen molar-refractivity contribution >= 4 is 11.9 Å². The summed E-state index contributed by atoms with van der Waals surface area (Å²) in [4.78, 5) is 24.2. The minimum Gasteiger partial charge on any atom is -0.459 e. The minimum absolute atomic E-state index is 0.182. The molecule has 4 heteroatoms. The van der Waals surface area contributed by atoms with Gasteiger partial charge in [-0.1, -0.05) is 122 Å². The maximum absolute atomic E-state index is 12.1. The molecule has 2 atom stereocenters. The summed E-state index contributed by atoms with van der Waals surface area (Å²) < 4.78 is 11.0. The third kappa shape index (κ3) is 26.1. The summed E-state index contributed by atoms with van der Waals surface area (Å²) in [5.41, 5.74) is 0. The lowest BCUT2D eigenvalue weighted by Gasteiger charge is -2.21. The molecule has 0 bridgehead atoms. The fourth-order valence-corrected chi connectivity index (χ4v) is 4.47. The fourth-order valence-electron chi connectivity index (χ4n) is 4.47. The number of carbonyl (C=O) groups excluding carboxylic acids is 2. The molecule has 0 aliphatic carbocycles. The van der Waals surface area contributed by atoms with Crippen LogP contribution in [0.15, 0.2) is 12.2 Å². The van der Waals surface area contributed by atoms with E-state index < -0.39 is 12.2 Å². The van der Waals surface area contributed by atoms with Crippen LogP contribution < -0.4 is 0 Å². The van der Waals surface area contributed by atoms with Crippen LogP contribution in [0, 0.1) is 0 Å². The van der Waals surface area contributed by atoms with E-state index in [0.717, 1.165) is 25.7 Å². The fraction of sp³-hybridized carbons (Fsp3) is 0.879. The van der Waals surface area contributed by atoms with Crippen LogP contribution >= 0.6 is 0 Å². The second-order valence-electron chi connectivity index (χ2n) is 10.9. The standard InChI is InChI=1S/C33H62O4/c1-5-7-9-11-13-15-16-17-18-19-20-21-23-25-27-29-33(35)37-31(4)30(3)36-32(34)28-26-24-22-14-12-10-8-6-2/h17-18,30-31H,5-16,19-29H2,1-4H3/b18-17-. The summed E-state index contributed by atoms with van der Waals surface area (Å²) in [6.45, 7) is 8.12. The Morgan fingerprint density at radius 1 is 0.486 bits per heavy atom. The van der Waals surface area contributed by atoms with E-state index in [1.807, 2.05) is 13.8 Å². The summed E-state index contributed by atoms with van der Waals surface area (Å²) in [7, 11) is 0. The van der Waals surface area contributed by atoms with E-state index in [0.29, 0.717) is 12.8 Å². The Kier molecular flexibility index (Phi) is 26.7. The first-order valence-corrected chi connectivity index (χ1v) is 16.0. The van der Waals surface area contributed by atoms with Gasteiger partial charge in [-0.15, -0.1) is 0 Å². The van der Waals surface area contributed by atoms with Crippen LogP contribution in [0.2, 0.25) is 0 Å². The van der Waals surface area contributed by atoms with Crippen molar-refractivity contribution in [2.24, 2.45) is 0 Å². The highest BCUT2D eigenvalue weighted by molar-refractivity contribution is 5.70. The number of hydrogen-bond acceptors (Lipinski definition) is 4. The Hall–Kier alpha value is -1.32. The zero-order valence-corrected chi connectivity index (χ0v) is 25.2. The molecule has 0 amide bonds. The van der Waals surface area contributed by atoms with Gasteiger partial charge in [0.1, 0.15) is 12.2 Å². The highest BCUT2D eigenvalue weighted by Gasteiger charge is 2.20. The molecule has 0 aliphatic rings. The molecule has 4 nitrogen and oxygen atoms in total. The maximum Gasteiger partial charge on any atom is 0.306 e. The van der Waals surface area contributed by atoms with Gasteiger partial charge in [0.25, 0.3) is 0 Å². The summed E-state index contributed by atoms with van der Waals surface area (Å²) in [5, 5.41) is 0. The zero-order valence-electron chi connectivity index (χ0n) is 25.2. The number of rotatable bonds is 27. The molecule has 0 saturated carbocycles. The average Bonchev–Trinajstić information content (AvgIpc) is 2.87. The van der Waals surface area contributed by atoms with Crippen molar-refractivity contribution in [1.82, 2.24) is 0 Å². The van der Waals surface area contributed by atoms with E-state index >= 15 is 0 Å². The predicted octanol–water partition coefficient (Wildman–Crippen LogP) is 10.4. The van der Waals surface area contributed by atoms with Crippen molar-refractivity contribution in [3.8, 4) is 0 Å². The molecular formula is C33H62O4. The van der Waals surface area contributed by atoms with Crippen molar-refractivity contribution in [3.63, 3.8) is 0 Å². The van der Waals surface area contributed by atoms with Crippen LogP contribution in [0.5, 0.6) is 0 Å². The van der Waals surface area contributed by atoms with Gasteiger partial charge in [0, 0.05) is 12.8 Å². The highest BCUT2D eigenvalue weighted by Crippen LogP contribution is 2.13. The highest BCUT2D eigenvalue weighted by atomic mass is 16.6. The number of esters is 2. The molecule has 0 aromatic carbocycles. The Morgan fingerprint density at radius 2 is 0.784 bits per heavy atom. The smallest absolute Gasteiger partial charge is 0.306 e. The second kappa shape index (κ2) is 27.7. The summed E-state index contributed by atoms with van der Waals surface area (Å²) >= 11 is 0. The summed E-state index contributed by atoms with van der Waals surface area (Å²) in [6.07, 6.45) is 30.5. The van der Waals surface area contributed by atoms with Gasteiger partial charge in [0.2, 0.25) is 0 Å². The van der Waals surface area contributed by atoms with E-state index in [2.05, 4.69) is 26.0 Å². The van der Waals surface area contributed by atoms with E-state index in [-0.39, 0.29) is 11.9 Å². The molecule has 0 saturated heterocycles. The lowest BCUT2D eigenvalue weighted by atomic mass is 10.1. The third-order valence-corrected chi connectivity index (χ3v) is 7.17. The van der Waals surface area contributed by atoms with Crippen molar-refractivity contribution in [1.29, 1.82) is 0 Å². The number of unbranched alkanes of at least 4 members (excludes halogenated alkanes) is 18. The van der Waals surface area contributed by atoms with Gasteiger partial charge < -0.3 is 9.47 Å². The van der Waals surface area contributed by atoms with Crippen LogP contribution in [0.4, 0.5) is 0 Å². The average molecular weight is 523 g/mol. The van der Waals surface area contributed by atoms with Crippen molar-refractivity contribution in [2.75, 3.05) is 0 Å². The molecule has 218 valence electrons. The van der Waals surface area contributed by atoms with Gasteiger partial charge in [-0.3, -0.25) is 9.59 Å². The Bertz CT molecular complexity index is 542. The first-order valence-electron chi connectivity index (χ1n) is 16.0. The quantitative estimate of drug-likeness (QED) is 0.0611. The molecule has 0 radical (unpaired) electrons. The zero-order chi connectivity index (χ0) is 27.4. The Labute approximate surface area is 230 Å². The van der Waals surface area contributed by atoms with Crippen molar-refractivity contribution in [3.05, 3.63) is 12.2 Å². The van der Waals surface area contributed by atoms with Crippen LogP contribution in [-0.2, 0) is 19.1 Å². The van der Waals surface area contributed by atoms with Crippen LogP contribution in [0.1, 0.15) is 175 Å². The van der Waals surface area contributed by atoms with Crippen LogP contribution in [0.25, 0.3) is 0 Å². The van der Waals surface area contributed by atoms with Crippen molar-refractivity contribution in [2.45, 2.75) is 188 Å². The van der Waals surface area contributed by atoms with E-state index in [4.69, 9.17) is 9.47 Å². The van der Waals surface area contributed by atoms with Crippen molar-refractivity contribution < 1.29 is 19.1 Å². The largest absolute Gasteiger partial charge is 0.459 e. The van der Waals surface area contributed by atoms with Crippen LogP contribution in [0.3, 0.4) is 0 Å². The van der Waals surface area contributed by atoms with Gasteiger partial charge in [0.15, 0.2) is 0 Å². The molecule has 0 fully saturated rings. The predicted molar refractivity (Wildman–Crippen MR) is 158 cm³/mol. The first-order chi connectivity index (χ1) is 18.0. The van der Waals surface area contributed by atoms with Crippen LogP contribution in [-0.4, -0.2) is 24.1 Å². The number of allylic oxidation sites excluding steroid dienone is 2. The van der Waals surface area contributed by atoms with E-state index in [1.165, 1.54) is 109 Å². The number of carbonyl (C=O) groups is 2. The second-order valence-corrected chi connectivity index (χ2v) is 10.9. The van der Waals surface area contributed by atoms with Gasteiger partial charge in [-0.2, -0.15) is 0 Å². The molecule has 0 N–H and O–H groups in total. The Balaban J connectivity index is 3.60. The molecule has 0 aromatic heterocycles. The minimum atomic E-state index is -0.404. The molecule has 37 heavy (non-hydrogen) atoms. The van der Waals surface area contributed by atoms with Gasteiger partial charge in [-0.05, 0) is 52.4 Å². The molecular weight excluding hydrogens is 460 g/mol. The monoisotopic (exact) mass is 522 g/mol. The maximum atomic E-state index is 12.1. The third-order valence-electron chi connectivity index (χ3n) is 7.17. The van der Waals surface area contributed by atoms with E-state index in [1.54, 1.807) is 0 Å². The summed E-state index contributed by atoms with van der Waals surface area (Å²) in [6, 6.07) is 0. The van der Waals surface area contributed by atoms with Gasteiger partial charge in [-0.25, -0.2) is 0 Å². The SMILES string of the molecule is CCCCCCCC/C=C\CCCCCCCC(=O)OC(C)C(C)OC(=O)CCCCCCCCCC. The molecule has 2 unspecified atom stereocenters. The Morgan fingerprint density at radius 3 is 1.14 bits per heavy atom. The van der Waals surface area contributed by atoms with Gasteiger partial charge in [0.05, 0.1) is 0 Å². The first kappa shape index (κ1) is 35.7. The van der Waals surface area contributed by atoms with Gasteiger partial charge >= 0.3 is 11.9 Å². The topological polar surface area (TPSA) is 52.6 Å². The lowest BCUT2D eigenvalue weighted by Crippen LogP contribution is -2.30. The van der Waals surface area contributed by atoms with E-state index in [9.17, 15) is 9.59 Å². The molecule has 0 spiro atoms. The number of ether oxygens (including phenoxy) is 2. The lowest BCUT2D eigenvalue weighted by molar-refractivity contribution is -0.165. The molecule has 0 heterocycles. The normalized spacial score (nSPS) is 13.1. The molecule has 0 rings (SSSR count). The molecule has 0 aromatic rings. The summed E-state index contributed by atoms with van der Waals surface area (Å²) in [5.74, 6) is -0.366. The number of hydrogen-bond donors (Lipinski definition) is 0.